The van der Waals surface area contributed by atoms with Gasteiger partial charge in [0.05, 0.1) is 17.0 Å². The number of ether oxygens (including phenoxy) is 2. The van der Waals surface area contributed by atoms with Gasteiger partial charge in [-0.2, -0.15) is 0 Å². The van der Waals surface area contributed by atoms with Crippen LogP contribution in [-0.4, -0.2) is 35.2 Å². The van der Waals surface area contributed by atoms with Crippen LogP contribution in [0.2, 0.25) is 5.02 Å². The molecule has 0 N–H and O–H groups in total. The third-order valence-electron chi connectivity index (χ3n) is 5.69. The monoisotopic (exact) mass is 529 g/mol. The van der Waals surface area contributed by atoms with Gasteiger partial charge in [0.15, 0.2) is 0 Å². The second-order valence-electron chi connectivity index (χ2n) is 8.09. The van der Waals surface area contributed by atoms with Gasteiger partial charge >= 0.3 is 5.97 Å². The first-order valence-corrected chi connectivity index (χ1v) is 12.6. The summed E-state index contributed by atoms with van der Waals surface area (Å²) in [6.07, 6.45) is 1.57. The van der Waals surface area contributed by atoms with Gasteiger partial charge in [0, 0.05) is 10.6 Å². The van der Waals surface area contributed by atoms with E-state index in [1.54, 1.807) is 66.7 Å². The number of fused-ring (bicyclic) bond motifs is 1. The zero-order valence-electron chi connectivity index (χ0n) is 19.4. The maximum atomic E-state index is 13.0. The predicted octanol–water partition coefficient (Wildman–Crippen LogP) is 6.83. The summed E-state index contributed by atoms with van der Waals surface area (Å²) >= 11 is 6.71. The molecule has 184 valence electrons. The number of halogens is 1. The third-order valence-corrected chi connectivity index (χ3v) is 6.85. The molecule has 1 aliphatic heterocycles. The van der Waals surface area contributed by atoms with Crippen molar-refractivity contribution in [2.75, 3.05) is 13.2 Å². The summed E-state index contributed by atoms with van der Waals surface area (Å²) in [5.41, 5.74) is 0.952. The number of nitrogens with zero attached hydrogens (tertiary/aromatic N) is 1. The van der Waals surface area contributed by atoms with Crippen molar-refractivity contribution in [2.45, 2.75) is 0 Å². The Morgan fingerprint density at radius 3 is 2.46 bits per heavy atom. The van der Waals surface area contributed by atoms with Crippen molar-refractivity contribution < 1.29 is 23.9 Å². The number of hydrogen-bond donors (Lipinski definition) is 0. The van der Waals surface area contributed by atoms with Gasteiger partial charge in [0.2, 0.25) is 0 Å². The summed E-state index contributed by atoms with van der Waals surface area (Å²) in [4.78, 5) is 39.9. The van der Waals surface area contributed by atoms with E-state index < -0.39 is 11.9 Å². The van der Waals surface area contributed by atoms with Gasteiger partial charge in [-0.15, -0.1) is 0 Å². The normalized spacial score (nSPS) is 14.4. The van der Waals surface area contributed by atoms with Crippen LogP contribution < -0.4 is 9.47 Å². The Morgan fingerprint density at radius 1 is 0.892 bits per heavy atom. The SMILES string of the molecule is O=C(Oc1ccccc1/C=C1\SC(=O)N(CCOc2ccc(Cl)cc2)C1=O)c1cccc2ccccc12. The summed E-state index contributed by atoms with van der Waals surface area (Å²) in [6.45, 7) is 0.245. The molecule has 1 saturated heterocycles. The molecule has 1 fully saturated rings. The highest BCUT2D eigenvalue weighted by Gasteiger charge is 2.35. The quantitative estimate of drug-likeness (QED) is 0.148. The van der Waals surface area contributed by atoms with E-state index >= 15 is 0 Å². The minimum absolute atomic E-state index is 0.0996. The van der Waals surface area contributed by atoms with E-state index in [-0.39, 0.29) is 23.3 Å². The summed E-state index contributed by atoms with van der Waals surface area (Å²) in [7, 11) is 0. The molecule has 37 heavy (non-hydrogen) atoms. The molecule has 0 spiro atoms. The molecule has 4 aromatic carbocycles. The molecule has 1 aliphatic rings. The molecule has 4 aromatic rings. The number of amides is 2. The van der Waals surface area contributed by atoms with Gasteiger partial charge in [-0.3, -0.25) is 14.5 Å². The van der Waals surface area contributed by atoms with Gasteiger partial charge in [-0.05, 0) is 65.0 Å². The number of para-hydroxylation sites is 1. The third kappa shape index (κ3) is 5.53. The van der Waals surface area contributed by atoms with Crippen molar-refractivity contribution in [3.63, 3.8) is 0 Å². The van der Waals surface area contributed by atoms with Crippen LogP contribution in [0.4, 0.5) is 4.79 Å². The lowest BCUT2D eigenvalue weighted by atomic mass is 10.0. The molecule has 0 unspecified atom stereocenters. The Bertz CT molecular complexity index is 1530. The van der Waals surface area contributed by atoms with Crippen molar-refractivity contribution in [1.29, 1.82) is 0 Å². The van der Waals surface area contributed by atoms with Gasteiger partial charge in [-0.25, -0.2) is 4.79 Å². The average molecular weight is 530 g/mol. The Labute approximate surface area is 222 Å². The van der Waals surface area contributed by atoms with E-state index in [1.807, 2.05) is 30.3 Å². The van der Waals surface area contributed by atoms with Crippen molar-refractivity contribution in [3.05, 3.63) is 112 Å². The first-order valence-electron chi connectivity index (χ1n) is 11.4. The highest BCUT2D eigenvalue weighted by Crippen LogP contribution is 2.34. The van der Waals surface area contributed by atoms with E-state index in [4.69, 9.17) is 21.1 Å². The molecule has 8 heteroatoms. The lowest BCUT2D eigenvalue weighted by molar-refractivity contribution is -0.123. The summed E-state index contributed by atoms with van der Waals surface area (Å²) in [5, 5.41) is 1.92. The molecular formula is C29H20ClNO5S. The molecule has 0 aliphatic carbocycles. The molecule has 0 atom stereocenters. The number of benzene rings is 4. The molecular weight excluding hydrogens is 510 g/mol. The van der Waals surface area contributed by atoms with Crippen LogP contribution >= 0.6 is 23.4 Å². The Morgan fingerprint density at radius 2 is 1.62 bits per heavy atom. The number of esters is 1. The fourth-order valence-corrected chi connectivity index (χ4v) is 4.85. The standard InChI is InChI=1S/C29H20ClNO5S/c30-21-12-14-22(15-13-21)35-17-16-31-27(32)26(37-29(31)34)18-20-7-2-4-11-25(20)36-28(33)24-10-5-8-19-6-1-3-9-23(19)24/h1-15,18H,16-17H2/b26-18-. The molecule has 0 aromatic heterocycles. The van der Waals surface area contributed by atoms with Gasteiger partial charge in [-0.1, -0.05) is 66.2 Å². The fourth-order valence-electron chi connectivity index (χ4n) is 3.87. The van der Waals surface area contributed by atoms with E-state index in [2.05, 4.69) is 0 Å². The highest BCUT2D eigenvalue weighted by molar-refractivity contribution is 8.18. The van der Waals surface area contributed by atoms with E-state index in [1.165, 1.54) is 0 Å². The zero-order chi connectivity index (χ0) is 25.8. The van der Waals surface area contributed by atoms with Crippen LogP contribution in [0.5, 0.6) is 11.5 Å². The molecule has 5 rings (SSSR count). The molecule has 0 saturated carbocycles. The first-order chi connectivity index (χ1) is 18.0. The zero-order valence-corrected chi connectivity index (χ0v) is 21.0. The van der Waals surface area contributed by atoms with Crippen molar-refractivity contribution in [2.24, 2.45) is 0 Å². The molecule has 0 radical (unpaired) electrons. The van der Waals surface area contributed by atoms with Crippen molar-refractivity contribution in [1.82, 2.24) is 4.90 Å². The highest BCUT2D eigenvalue weighted by atomic mass is 35.5. The lowest BCUT2D eigenvalue weighted by Gasteiger charge is -2.13. The minimum Gasteiger partial charge on any atom is -0.492 e. The Hall–Kier alpha value is -4.07. The second-order valence-corrected chi connectivity index (χ2v) is 9.52. The fraction of sp³-hybridized carbons (Fsp3) is 0.0690. The Kier molecular flexibility index (Phi) is 7.25. The van der Waals surface area contributed by atoms with Gasteiger partial charge in [0.1, 0.15) is 18.1 Å². The van der Waals surface area contributed by atoms with Crippen LogP contribution in [0, 0.1) is 0 Å². The summed E-state index contributed by atoms with van der Waals surface area (Å²) in [6, 6.07) is 26.7. The minimum atomic E-state index is -0.509. The summed E-state index contributed by atoms with van der Waals surface area (Å²) in [5.74, 6) is -0.0536. The smallest absolute Gasteiger partial charge is 0.344 e. The van der Waals surface area contributed by atoms with Gasteiger partial charge < -0.3 is 9.47 Å². The number of rotatable bonds is 7. The maximum Gasteiger partial charge on any atom is 0.344 e. The van der Waals surface area contributed by atoms with E-state index in [0.717, 1.165) is 27.4 Å². The average Bonchev–Trinajstić information content (AvgIpc) is 3.18. The lowest BCUT2D eigenvalue weighted by Crippen LogP contribution is -2.32. The van der Waals surface area contributed by atoms with Gasteiger partial charge in [0.25, 0.3) is 11.1 Å². The molecule has 1 heterocycles. The molecule has 0 bridgehead atoms. The van der Waals surface area contributed by atoms with Crippen molar-refractivity contribution in [3.8, 4) is 11.5 Å². The van der Waals surface area contributed by atoms with Crippen LogP contribution in [0.25, 0.3) is 16.8 Å². The number of carbonyl (C=O) groups excluding carboxylic acids is 3. The van der Waals surface area contributed by atoms with Crippen LogP contribution in [-0.2, 0) is 4.79 Å². The number of hydrogen-bond acceptors (Lipinski definition) is 6. The largest absolute Gasteiger partial charge is 0.492 e. The Balaban J connectivity index is 1.30. The molecule has 6 nitrogen and oxygen atoms in total. The second kappa shape index (κ2) is 10.9. The summed E-state index contributed by atoms with van der Waals surface area (Å²) < 4.78 is 11.3. The van der Waals surface area contributed by atoms with E-state index in [9.17, 15) is 14.4 Å². The van der Waals surface area contributed by atoms with Crippen LogP contribution in [0.3, 0.4) is 0 Å². The predicted molar refractivity (Wildman–Crippen MR) is 145 cm³/mol. The van der Waals surface area contributed by atoms with Crippen LogP contribution in [0.1, 0.15) is 15.9 Å². The molecule has 2 amide bonds. The topological polar surface area (TPSA) is 72.9 Å². The van der Waals surface area contributed by atoms with Crippen LogP contribution in [0.15, 0.2) is 95.9 Å². The first kappa shape index (κ1) is 24.6. The number of carbonyl (C=O) groups is 3. The number of imide groups is 1. The number of thioether (sulfide) groups is 1. The maximum absolute atomic E-state index is 13.0. The van der Waals surface area contributed by atoms with E-state index in [0.29, 0.717) is 27.6 Å². The van der Waals surface area contributed by atoms with Crippen molar-refractivity contribution >= 4 is 57.3 Å².